The van der Waals surface area contributed by atoms with Crippen LogP contribution in [0.2, 0.25) is 0 Å². The molecule has 0 spiro atoms. The molecule has 0 aromatic heterocycles. The summed E-state index contributed by atoms with van der Waals surface area (Å²) in [6.45, 7) is 3.81. The van der Waals surface area contributed by atoms with E-state index in [-0.39, 0.29) is 6.10 Å². The predicted octanol–water partition coefficient (Wildman–Crippen LogP) is 1.31. The Labute approximate surface area is 101 Å². The molecule has 3 nitrogen and oxygen atoms in total. The Morgan fingerprint density at radius 2 is 1.76 bits per heavy atom. The van der Waals surface area contributed by atoms with Crippen LogP contribution in [0.3, 0.4) is 0 Å². The fraction of sp³-hybridized carbons (Fsp3) is 0.231. The zero-order valence-corrected chi connectivity index (χ0v) is 9.92. The Morgan fingerprint density at radius 3 is 2.41 bits per heavy atom. The summed E-state index contributed by atoms with van der Waals surface area (Å²) in [7, 11) is -1.53. The minimum Gasteiger partial charge on any atom is -0.491 e. The van der Waals surface area contributed by atoms with Crippen molar-refractivity contribution in [1.82, 2.24) is 0 Å². The van der Waals surface area contributed by atoms with E-state index in [4.69, 9.17) is 4.74 Å². The van der Waals surface area contributed by atoms with Crippen molar-refractivity contribution < 1.29 is 14.8 Å². The quantitative estimate of drug-likeness (QED) is 0.781. The van der Waals surface area contributed by atoms with Gasteiger partial charge in [-0.1, -0.05) is 30.3 Å². The first kappa shape index (κ1) is 12.0. The van der Waals surface area contributed by atoms with Gasteiger partial charge in [0, 0.05) is 5.46 Å². The van der Waals surface area contributed by atoms with Gasteiger partial charge in [0.25, 0.3) is 0 Å². The average molecular weight is 230 g/mol. The number of ether oxygens (including phenoxy) is 1. The highest BCUT2D eigenvalue weighted by molar-refractivity contribution is 6.63. The largest absolute Gasteiger partial charge is 0.492 e. The summed E-state index contributed by atoms with van der Waals surface area (Å²) in [5, 5.41) is 20.8. The van der Waals surface area contributed by atoms with Crippen LogP contribution in [0.1, 0.15) is 13.8 Å². The fourth-order valence-electron chi connectivity index (χ4n) is 1.90. The summed E-state index contributed by atoms with van der Waals surface area (Å²) < 4.78 is 5.59. The summed E-state index contributed by atoms with van der Waals surface area (Å²) in [5.41, 5.74) is 0.428. The van der Waals surface area contributed by atoms with Crippen molar-refractivity contribution in [2.24, 2.45) is 0 Å². The first-order valence-electron chi connectivity index (χ1n) is 5.64. The monoisotopic (exact) mass is 230 g/mol. The van der Waals surface area contributed by atoms with E-state index < -0.39 is 7.12 Å². The lowest BCUT2D eigenvalue weighted by Gasteiger charge is -2.16. The van der Waals surface area contributed by atoms with Crippen LogP contribution in [0.25, 0.3) is 10.8 Å². The van der Waals surface area contributed by atoms with Crippen molar-refractivity contribution in [3.8, 4) is 5.75 Å². The van der Waals surface area contributed by atoms with Gasteiger partial charge in [-0.25, -0.2) is 0 Å². The van der Waals surface area contributed by atoms with Crippen molar-refractivity contribution in [3.05, 3.63) is 36.4 Å². The number of hydrogen-bond acceptors (Lipinski definition) is 3. The molecule has 4 heteroatoms. The van der Waals surface area contributed by atoms with Crippen molar-refractivity contribution in [1.29, 1.82) is 0 Å². The standard InChI is InChI=1S/C13H15BO3/c1-9(2)17-12-8-7-10-5-3-4-6-11(10)13(12)14(15)16/h3-9,15-16H,1-2H3. The van der Waals surface area contributed by atoms with E-state index >= 15 is 0 Å². The second-order valence-corrected chi connectivity index (χ2v) is 4.24. The molecule has 0 saturated heterocycles. The Morgan fingerprint density at radius 1 is 1.06 bits per heavy atom. The predicted molar refractivity (Wildman–Crippen MR) is 69.5 cm³/mol. The highest BCUT2D eigenvalue weighted by Crippen LogP contribution is 2.19. The van der Waals surface area contributed by atoms with Gasteiger partial charge in [0.05, 0.1) is 6.10 Å². The molecule has 2 aromatic rings. The lowest BCUT2D eigenvalue weighted by molar-refractivity contribution is 0.244. The molecule has 2 N–H and O–H groups in total. The van der Waals surface area contributed by atoms with Gasteiger partial charge in [-0.05, 0) is 30.7 Å². The highest BCUT2D eigenvalue weighted by atomic mass is 16.5. The van der Waals surface area contributed by atoms with E-state index in [1.54, 1.807) is 6.07 Å². The van der Waals surface area contributed by atoms with Crippen LogP contribution in [0, 0.1) is 0 Å². The molecule has 0 bridgehead atoms. The third-order valence-electron chi connectivity index (χ3n) is 2.55. The Balaban J connectivity index is 2.64. The molecule has 0 amide bonds. The molecule has 0 radical (unpaired) electrons. The molecule has 0 unspecified atom stereocenters. The molecule has 0 aliphatic rings. The van der Waals surface area contributed by atoms with Crippen molar-refractivity contribution in [2.75, 3.05) is 0 Å². The van der Waals surface area contributed by atoms with Crippen molar-refractivity contribution in [3.63, 3.8) is 0 Å². The number of benzene rings is 2. The van der Waals surface area contributed by atoms with Crippen LogP contribution in [0.5, 0.6) is 5.75 Å². The Hall–Kier alpha value is -1.52. The molecule has 88 valence electrons. The van der Waals surface area contributed by atoms with E-state index in [2.05, 4.69) is 0 Å². The van der Waals surface area contributed by atoms with Crippen LogP contribution in [0.4, 0.5) is 0 Å². The minimum absolute atomic E-state index is 0.00587. The van der Waals surface area contributed by atoms with Crippen LogP contribution in [0.15, 0.2) is 36.4 Å². The molecule has 0 aliphatic carbocycles. The third-order valence-corrected chi connectivity index (χ3v) is 2.55. The maximum atomic E-state index is 9.49. The van der Waals surface area contributed by atoms with Gasteiger partial charge in [0.2, 0.25) is 0 Å². The van der Waals surface area contributed by atoms with Crippen LogP contribution < -0.4 is 10.2 Å². The second-order valence-electron chi connectivity index (χ2n) is 4.24. The molecule has 0 fully saturated rings. The van der Waals surface area contributed by atoms with Gasteiger partial charge in [0.1, 0.15) is 5.75 Å². The van der Waals surface area contributed by atoms with Gasteiger partial charge in [-0.15, -0.1) is 0 Å². The van der Waals surface area contributed by atoms with Crippen LogP contribution in [-0.2, 0) is 0 Å². The van der Waals surface area contributed by atoms with Gasteiger partial charge in [-0.2, -0.15) is 0 Å². The summed E-state index contributed by atoms with van der Waals surface area (Å²) >= 11 is 0. The molecule has 17 heavy (non-hydrogen) atoms. The normalized spacial score (nSPS) is 10.9. The highest BCUT2D eigenvalue weighted by Gasteiger charge is 2.20. The maximum Gasteiger partial charge on any atom is 0.492 e. The van der Waals surface area contributed by atoms with Crippen LogP contribution in [-0.4, -0.2) is 23.3 Å². The van der Waals surface area contributed by atoms with Gasteiger partial charge in [-0.3, -0.25) is 0 Å². The SMILES string of the molecule is CC(C)Oc1ccc2ccccc2c1B(O)O. The molecule has 0 saturated carbocycles. The van der Waals surface area contributed by atoms with Crippen LogP contribution >= 0.6 is 0 Å². The molecule has 2 aromatic carbocycles. The van der Waals surface area contributed by atoms with E-state index in [1.807, 2.05) is 44.2 Å². The van der Waals surface area contributed by atoms with E-state index in [9.17, 15) is 10.0 Å². The molecule has 0 atom stereocenters. The number of hydrogen-bond donors (Lipinski definition) is 2. The zero-order chi connectivity index (χ0) is 12.4. The van der Waals surface area contributed by atoms with E-state index in [0.29, 0.717) is 11.2 Å². The molecule has 0 heterocycles. The molecular weight excluding hydrogens is 215 g/mol. The summed E-state index contributed by atoms with van der Waals surface area (Å²) in [6.07, 6.45) is -0.00587. The lowest BCUT2D eigenvalue weighted by atomic mass is 9.76. The summed E-state index contributed by atoms with van der Waals surface area (Å²) in [4.78, 5) is 0. The minimum atomic E-state index is -1.53. The molecule has 2 rings (SSSR count). The first-order chi connectivity index (χ1) is 8.09. The smallest absolute Gasteiger partial charge is 0.491 e. The number of fused-ring (bicyclic) bond motifs is 1. The van der Waals surface area contributed by atoms with E-state index in [0.717, 1.165) is 10.8 Å². The van der Waals surface area contributed by atoms with Crippen molar-refractivity contribution >= 4 is 23.4 Å². The molecule has 0 aliphatic heterocycles. The van der Waals surface area contributed by atoms with Crippen molar-refractivity contribution in [2.45, 2.75) is 20.0 Å². The third kappa shape index (κ3) is 2.43. The topological polar surface area (TPSA) is 49.7 Å². The number of rotatable bonds is 3. The Bertz CT molecular complexity index is 523. The molecular formula is C13H15BO3. The fourth-order valence-corrected chi connectivity index (χ4v) is 1.90. The second kappa shape index (κ2) is 4.78. The van der Waals surface area contributed by atoms with Gasteiger partial charge >= 0.3 is 7.12 Å². The zero-order valence-electron chi connectivity index (χ0n) is 9.92. The summed E-state index contributed by atoms with van der Waals surface area (Å²) in [5.74, 6) is 0.522. The van der Waals surface area contributed by atoms with Gasteiger partial charge in [0.15, 0.2) is 0 Å². The summed E-state index contributed by atoms with van der Waals surface area (Å²) in [6, 6.07) is 11.3. The lowest BCUT2D eigenvalue weighted by Crippen LogP contribution is -2.33. The van der Waals surface area contributed by atoms with E-state index in [1.165, 1.54) is 0 Å². The first-order valence-corrected chi connectivity index (χ1v) is 5.64. The van der Waals surface area contributed by atoms with Gasteiger partial charge < -0.3 is 14.8 Å². The maximum absolute atomic E-state index is 9.49. The Kier molecular flexibility index (Phi) is 3.36. The average Bonchev–Trinajstić information content (AvgIpc) is 2.27.